The molecule has 2 N–H and O–H groups in total. The van der Waals surface area contributed by atoms with Crippen molar-refractivity contribution in [1.29, 1.82) is 0 Å². The van der Waals surface area contributed by atoms with Gasteiger partial charge in [0.1, 0.15) is 11.6 Å². The Morgan fingerprint density at radius 3 is 3.09 bits per heavy atom. The van der Waals surface area contributed by atoms with Gasteiger partial charge in [0.2, 0.25) is 0 Å². The van der Waals surface area contributed by atoms with Crippen LogP contribution in [-0.2, 0) is 6.54 Å². The lowest BCUT2D eigenvalue weighted by Crippen LogP contribution is -2.39. The monoisotopic (exact) mass is 315 g/mol. The van der Waals surface area contributed by atoms with Gasteiger partial charge in [-0.2, -0.15) is 5.10 Å². The Kier molecular flexibility index (Phi) is 4.35. The van der Waals surface area contributed by atoms with Gasteiger partial charge in [0.25, 0.3) is 0 Å². The van der Waals surface area contributed by atoms with Crippen molar-refractivity contribution in [3.05, 3.63) is 36.4 Å². The zero-order valence-corrected chi connectivity index (χ0v) is 13.4. The molecule has 4 rings (SSSR count). The Hall–Kier alpha value is -1.79. The van der Waals surface area contributed by atoms with Crippen molar-refractivity contribution < 1.29 is 4.42 Å². The van der Waals surface area contributed by atoms with E-state index in [0.717, 1.165) is 37.8 Å². The zero-order chi connectivity index (χ0) is 15.5. The van der Waals surface area contributed by atoms with Crippen molar-refractivity contribution in [3.63, 3.8) is 0 Å². The molecule has 2 unspecified atom stereocenters. The van der Waals surface area contributed by atoms with E-state index in [2.05, 4.69) is 31.4 Å². The first-order chi connectivity index (χ1) is 11.4. The second-order valence-electron chi connectivity index (χ2n) is 6.58. The molecule has 0 saturated carbocycles. The molecular formula is C17H25N5O. The maximum Gasteiger partial charge on any atom is 0.124 e. The number of aromatic nitrogens is 2. The van der Waals surface area contributed by atoms with Crippen LogP contribution in [0, 0.1) is 5.92 Å². The summed E-state index contributed by atoms with van der Waals surface area (Å²) in [7, 11) is 0. The van der Waals surface area contributed by atoms with Crippen LogP contribution >= 0.6 is 0 Å². The maximum atomic E-state index is 5.68. The normalized spacial score (nSPS) is 22.7. The minimum Gasteiger partial charge on any atom is -0.468 e. The Balaban J connectivity index is 1.32. The first kappa shape index (κ1) is 14.8. The van der Waals surface area contributed by atoms with E-state index in [1.54, 1.807) is 6.26 Å². The number of furan rings is 1. The van der Waals surface area contributed by atoms with Gasteiger partial charge in [-0.15, -0.1) is 0 Å². The molecule has 6 heteroatoms. The van der Waals surface area contributed by atoms with Gasteiger partial charge in [0.05, 0.1) is 18.5 Å². The number of nitrogens with one attached hydrogen (secondary N) is 2. The lowest BCUT2D eigenvalue weighted by atomic mass is 10.1. The fourth-order valence-corrected chi connectivity index (χ4v) is 3.69. The molecule has 0 bridgehead atoms. The average molecular weight is 315 g/mol. The summed E-state index contributed by atoms with van der Waals surface area (Å²) in [6.07, 6.45) is 6.23. The minimum atomic E-state index is 0.351. The third-order valence-corrected chi connectivity index (χ3v) is 4.94. The van der Waals surface area contributed by atoms with Crippen LogP contribution < -0.4 is 10.6 Å². The first-order valence-corrected chi connectivity index (χ1v) is 8.64. The summed E-state index contributed by atoms with van der Waals surface area (Å²) < 4.78 is 7.73. The Morgan fingerprint density at radius 1 is 1.35 bits per heavy atom. The number of fused-ring (bicyclic) bond motifs is 1. The molecule has 0 aliphatic carbocycles. The summed E-state index contributed by atoms with van der Waals surface area (Å²) in [5.74, 6) is 2.78. The fourth-order valence-electron chi connectivity index (χ4n) is 3.69. The van der Waals surface area contributed by atoms with Gasteiger partial charge in [0.15, 0.2) is 0 Å². The molecule has 0 spiro atoms. The number of rotatable bonds is 6. The van der Waals surface area contributed by atoms with E-state index in [1.807, 2.05) is 18.3 Å². The van der Waals surface area contributed by atoms with Gasteiger partial charge in [-0.25, -0.2) is 4.68 Å². The van der Waals surface area contributed by atoms with Crippen molar-refractivity contribution in [3.8, 4) is 0 Å². The van der Waals surface area contributed by atoms with Gasteiger partial charge < -0.3 is 15.1 Å². The number of hydrogen-bond acceptors (Lipinski definition) is 5. The van der Waals surface area contributed by atoms with Crippen LogP contribution in [0.1, 0.15) is 24.6 Å². The topological polar surface area (TPSA) is 58.3 Å². The fraction of sp³-hybridized carbons (Fsp3) is 0.588. The molecular weight excluding hydrogens is 290 g/mol. The molecule has 0 aromatic carbocycles. The minimum absolute atomic E-state index is 0.351. The molecule has 2 aliphatic rings. The standard InChI is InChI=1S/C17H25N5O/c1-2-8-21(7-1)15(16-4-3-9-23-16)12-18-10-14-11-19-17-5-6-20-22(17)13-14/h3-6,9,14-15,18-19H,1-2,7-8,10-13H2. The molecule has 2 aliphatic heterocycles. The zero-order valence-electron chi connectivity index (χ0n) is 13.4. The van der Waals surface area contributed by atoms with E-state index >= 15 is 0 Å². The highest BCUT2D eigenvalue weighted by Crippen LogP contribution is 2.25. The van der Waals surface area contributed by atoms with Crippen LogP contribution in [0.2, 0.25) is 0 Å². The average Bonchev–Trinajstić information content (AvgIpc) is 3.33. The molecule has 4 heterocycles. The van der Waals surface area contributed by atoms with Crippen LogP contribution in [0.5, 0.6) is 0 Å². The Morgan fingerprint density at radius 2 is 2.26 bits per heavy atom. The molecule has 2 aromatic heterocycles. The number of hydrogen-bond donors (Lipinski definition) is 2. The summed E-state index contributed by atoms with van der Waals surface area (Å²) in [4.78, 5) is 2.54. The molecule has 1 fully saturated rings. The highest BCUT2D eigenvalue weighted by Gasteiger charge is 2.26. The highest BCUT2D eigenvalue weighted by molar-refractivity contribution is 5.35. The molecule has 124 valence electrons. The summed E-state index contributed by atoms with van der Waals surface area (Å²) >= 11 is 0. The van der Waals surface area contributed by atoms with E-state index in [4.69, 9.17) is 4.42 Å². The van der Waals surface area contributed by atoms with Crippen molar-refractivity contribution in [1.82, 2.24) is 20.0 Å². The van der Waals surface area contributed by atoms with E-state index in [9.17, 15) is 0 Å². The van der Waals surface area contributed by atoms with Crippen LogP contribution in [0.15, 0.2) is 35.1 Å². The predicted octanol–water partition coefficient (Wildman–Crippen LogP) is 1.94. The Bertz CT molecular complexity index is 602. The Labute approximate surface area is 136 Å². The third kappa shape index (κ3) is 3.28. The van der Waals surface area contributed by atoms with E-state index in [-0.39, 0.29) is 0 Å². The maximum absolute atomic E-state index is 5.68. The second-order valence-corrected chi connectivity index (χ2v) is 6.58. The van der Waals surface area contributed by atoms with E-state index in [1.165, 1.54) is 25.9 Å². The number of nitrogens with zero attached hydrogens (tertiary/aromatic N) is 3. The molecule has 0 radical (unpaired) electrons. The first-order valence-electron chi connectivity index (χ1n) is 8.64. The molecule has 2 atom stereocenters. The number of anilines is 1. The molecule has 1 saturated heterocycles. The van der Waals surface area contributed by atoms with Gasteiger partial charge in [-0.1, -0.05) is 0 Å². The van der Waals surface area contributed by atoms with E-state index in [0.29, 0.717) is 12.0 Å². The largest absolute Gasteiger partial charge is 0.468 e. The molecule has 0 amide bonds. The SMILES string of the molecule is c1coc(C(CNCC2CNc3ccnn3C2)N2CCCC2)c1. The third-order valence-electron chi connectivity index (χ3n) is 4.94. The van der Waals surface area contributed by atoms with Crippen molar-refractivity contribution >= 4 is 5.82 Å². The van der Waals surface area contributed by atoms with Crippen LogP contribution in [0.3, 0.4) is 0 Å². The van der Waals surface area contributed by atoms with Crippen molar-refractivity contribution in [2.24, 2.45) is 5.92 Å². The van der Waals surface area contributed by atoms with Gasteiger partial charge in [-0.05, 0) is 38.1 Å². The highest BCUT2D eigenvalue weighted by atomic mass is 16.3. The summed E-state index contributed by atoms with van der Waals surface area (Å²) in [6.45, 7) is 6.28. The van der Waals surface area contributed by atoms with Gasteiger partial charge >= 0.3 is 0 Å². The van der Waals surface area contributed by atoms with E-state index < -0.39 is 0 Å². The van der Waals surface area contributed by atoms with Crippen molar-refractivity contribution in [2.75, 3.05) is 38.0 Å². The molecule has 2 aromatic rings. The summed E-state index contributed by atoms with van der Waals surface area (Å²) in [5.41, 5.74) is 0. The summed E-state index contributed by atoms with van der Waals surface area (Å²) in [6, 6.07) is 6.47. The van der Waals surface area contributed by atoms with Crippen LogP contribution in [0.25, 0.3) is 0 Å². The number of likely N-dealkylation sites (tertiary alicyclic amines) is 1. The second kappa shape index (κ2) is 6.76. The van der Waals surface area contributed by atoms with Gasteiger partial charge in [-0.3, -0.25) is 4.90 Å². The quantitative estimate of drug-likeness (QED) is 0.853. The van der Waals surface area contributed by atoms with Crippen LogP contribution in [-0.4, -0.2) is 47.4 Å². The molecule has 6 nitrogen and oxygen atoms in total. The lowest BCUT2D eigenvalue weighted by Gasteiger charge is -2.28. The molecule has 23 heavy (non-hydrogen) atoms. The lowest BCUT2D eigenvalue weighted by molar-refractivity contribution is 0.206. The van der Waals surface area contributed by atoms with Gasteiger partial charge in [0, 0.05) is 38.2 Å². The smallest absolute Gasteiger partial charge is 0.124 e. The predicted molar refractivity (Wildman–Crippen MR) is 89.3 cm³/mol. The van der Waals surface area contributed by atoms with Crippen molar-refractivity contribution in [2.45, 2.75) is 25.4 Å². The summed E-state index contributed by atoms with van der Waals surface area (Å²) in [5, 5.41) is 11.5. The van der Waals surface area contributed by atoms with Crippen LogP contribution in [0.4, 0.5) is 5.82 Å².